The van der Waals surface area contributed by atoms with Gasteiger partial charge in [-0.2, -0.15) is 10.2 Å². The third-order valence-electron chi connectivity index (χ3n) is 7.70. The van der Waals surface area contributed by atoms with Crippen molar-refractivity contribution in [2.75, 3.05) is 14.1 Å². The van der Waals surface area contributed by atoms with E-state index in [0.717, 1.165) is 31.3 Å². The molecule has 204 valence electrons. The first-order chi connectivity index (χ1) is 17.6. The molecule has 7 nitrogen and oxygen atoms in total. The summed E-state index contributed by atoms with van der Waals surface area (Å²) in [6, 6.07) is 3.10. The van der Waals surface area contributed by atoms with Gasteiger partial charge in [0, 0.05) is 23.2 Å². The van der Waals surface area contributed by atoms with Gasteiger partial charge in [0.25, 0.3) is 0 Å². The zero-order valence-corrected chi connectivity index (χ0v) is 25.8. The van der Waals surface area contributed by atoms with Crippen molar-refractivity contribution in [2.24, 2.45) is 5.41 Å². The fourth-order valence-corrected chi connectivity index (χ4v) is 6.03. The Hall–Kier alpha value is -0.474. The molecule has 0 spiro atoms. The van der Waals surface area contributed by atoms with Gasteiger partial charge >= 0.3 is 51.4 Å². The minimum Gasteiger partial charge on any atom is -0.785 e. The summed E-state index contributed by atoms with van der Waals surface area (Å²) >= 11 is 5.73. The van der Waals surface area contributed by atoms with Crippen LogP contribution in [-0.2, 0) is 0 Å². The van der Waals surface area contributed by atoms with Gasteiger partial charge in [0.05, 0.1) is 23.5 Å². The molecule has 5 rings (SSSR count). The molecule has 0 amide bonds. The summed E-state index contributed by atoms with van der Waals surface area (Å²) in [6.07, 6.45) is 8.63. The zero-order valence-electron chi connectivity index (χ0n) is 22.0. The first-order valence-corrected chi connectivity index (χ1v) is 12.7. The number of benzene rings is 1. The number of aldehydes is 1. The normalized spacial score (nSPS) is 28.0. The summed E-state index contributed by atoms with van der Waals surface area (Å²) in [7, 11) is 3.13. The molecule has 3 aliphatic carbocycles. The van der Waals surface area contributed by atoms with Crippen molar-refractivity contribution in [1.29, 1.82) is 0 Å². The molecule has 0 radical (unpaired) electrons. The van der Waals surface area contributed by atoms with Crippen molar-refractivity contribution < 1.29 is 74.5 Å². The van der Waals surface area contributed by atoms with Crippen LogP contribution >= 0.6 is 11.6 Å². The summed E-state index contributed by atoms with van der Waals surface area (Å²) in [5.41, 5.74) is -1.77. The molecule has 38 heavy (non-hydrogen) atoms. The number of aliphatic hydroxyl groups is 1. The number of aliphatic hydroxyl groups excluding tert-OH is 1. The molecule has 0 saturated heterocycles. The molecule has 3 saturated carbocycles. The van der Waals surface area contributed by atoms with Gasteiger partial charge in [-0.05, 0) is 89.1 Å². The molecule has 3 atom stereocenters. The number of likely N-dealkylation sites (N-methyl/N-ethyl adjacent to an activating group) is 1. The van der Waals surface area contributed by atoms with Crippen LogP contribution in [0.2, 0.25) is 5.02 Å². The number of aromatic nitrogens is 2. The Labute approximate surface area is 268 Å². The Kier molecular flexibility index (Phi) is 13.3. The van der Waals surface area contributed by atoms with Crippen molar-refractivity contribution in [3.8, 4) is 0 Å². The number of carbonyl (C=O) groups is 1. The molecule has 2 bridgehead atoms. The van der Waals surface area contributed by atoms with Crippen molar-refractivity contribution in [3.05, 3.63) is 63.6 Å². The molecule has 3 fully saturated rings. The Balaban J connectivity index is 0.000000245. The van der Waals surface area contributed by atoms with Crippen molar-refractivity contribution in [1.82, 2.24) is 20.6 Å². The molecule has 0 aliphatic heterocycles. The Bertz CT molecular complexity index is 1050. The van der Waals surface area contributed by atoms with Crippen LogP contribution in [0.15, 0.2) is 30.6 Å². The SMILES string of the molecule is CN([O-])C(c1c(F)ccc(Cl)c1F)C12CCC(F)(CC1)C2.CNC1CCCC1O.O=Cc1ccnnc1.[K+]. The smallest absolute Gasteiger partial charge is 0.785 e. The number of hydroxylamine groups is 2. The van der Waals surface area contributed by atoms with E-state index < -0.39 is 28.8 Å². The summed E-state index contributed by atoms with van der Waals surface area (Å²) in [5.74, 6) is -1.72. The molecule has 1 aromatic carbocycles. The number of nitrogens with one attached hydrogen (secondary N) is 1. The molecule has 3 unspecified atom stereocenters. The van der Waals surface area contributed by atoms with Crippen LogP contribution in [-0.4, -0.2) is 58.6 Å². The summed E-state index contributed by atoms with van der Waals surface area (Å²) in [5, 5.41) is 31.5. The fraction of sp³-hybridized carbons (Fsp3) is 0.577. The molecule has 1 aromatic heterocycles. The van der Waals surface area contributed by atoms with E-state index in [9.17, 15) is 23.2 Å². The van der Waals surface area contributed by atoms with Crippen LogP contribution in [0.5, 0.6) is 0 Å². The fourth-order valence-electron chi connectivity index (χ4n) is 5.87. The van der Waals surface area contributed by atoms with E-state index in [1.165, 1.54) is 25.9 Å². The number of alkyl halides is 1. The minimum atomic E-state index is -1.29. The number of nitrogens with zero attached hydrogens (tertiary/aromatic N) is 3. The van der Waals surface area contributed by atoms with Gasteiger partial charge in [-0.25, -0.2) is 13.2 Å². The largest absolute Gasteiger partial charge is 1.00 e. The molecular weight excluding hydrogens is 548 g/mol. The van der Waals surface area contributed by atoms with Crippen molar-refractivity contribution in [3.63, 3.8) is 0 Å². The minimum absolute atomic E-state index is 0. The van der Waals surface area contributed by atoms with Crippen LogP contribution in [0.4, 0.5) is 13.2 Å². The van der Waals surface area contributed by atoms with Gasteiger partial charge in [-0.1, -0.05) is 11.6 Å². The topological polar surface area (TPSA) is 101 Å². The first-order valence-electron chi connectivity index (χ1n) is 12.4. The Morgan fingerprint density at radius 2 is 1.89 bits per heavy atom. The first kappa shape index (κ1) is 33.7. The van der Waals surface area contributed by atoms with Gasteiger partial charge in [-0.15, -0.1) is 0 Å². The summed E-state index contributed by atoms with van der Waals surface area (Å²) in [6.45, 7) is 0. The predicted molar refractivity (Wildman–Crippen MR) is 135 cm³/mol. The van der Waals surface area contributed by atoms with Gasteiger partial charge < -0.3 is 20.7 Å². The van der Waals surface area contributed by atoms with Crippen LogP contribution < -0.4 is 56.7 Å². The second-order valence-corrected chi connectivity index (χ2v) is 10.5. The quantitative estimate of drug-likeness (QED) is 0.242. The molecule has 1 heterocycles. The Morgan fingerprint density at radius 3 is 2.29 bits per heavy atom. The predicted octanol–water partition coefficient (Wildman–Crippen LogP) is 2.17. The van der Waals surface area contributed by atoms with Crippen LogP contribution in [0, 0.1) is 22.3 Å². The maximum absolute atomic E-state index is 14.4. The van der Waals surface area contributed by atoms with Crippen LogP contribution in [0.1, 0.15) is 73.3 Å². The van der Waals surface area contributed by atoms with E-state index in [1.54, 1.807) is 6.07 Å². The van der Waals surface area contributed by atoms with E-state index in [-0.39, 0.29) is 74.5 Å². The zero-order chi connectivity index (χ0) is 27.2. The Morgan fingerprint density at radius 1 is 1.21 bits per heavy atom. The molecular formula is C26H33ClF3KN4O3. The maximum Gasteiger partial charge on any atom is 1.00 e. The van der Waals surface area contributed by atoms with Crippen molar-refractivity contribution >= 4 is 17.9 Å². The second kappa shape index (κ2) is 15.0. The average molecular weight is 581 g/mol. The summed E-state index contributed by atoms with van der Waals surface area (Å²) < 4.78 is 42.9. The number of fused-ring (bicyclic) bond motifs is 2. The van der Waals surface area contributed by atoms with E-state index >= 15 is 0 Å². The summed E-state index contributed by atoms with van der Waals surface area (Å²) in [4.78, 5) is 9.94. The third-order valence-corrected chi connectivity index (χ3v) is 7.99. The van der Waals surface area contributed by atoms with E-state index in [0.29, 0.717) is 42.4 Å². The molecule has 12 heteroatoms. The number of carbonyl (C=O) groups excluding carboxylic acids is 1. The van der Waals surface area contributed by atoms with E-state index in [1.807, 2.05) is 7.05 Å². The van der Waals surface area contributed by atoms with Gasteiger partial charge in [-0.3, -0.25) is 4.79 Å². The number of rotatable bonds is 5. The van der Waals surface area contributed by atoms with E-state index in [4.69, 9.17) is 16.7 Å². The number of hydrogen-bond acceptors (Lipinski definition) is 7. The van der Waals surface area contributed by atoms with Gasteiger partial charge in [0.1, 0.15) is 17.3 Å². The second-order valence-electron chi connectivity index (χ2n) is 10.1. The van der Waals surface area contributed by atoms with E-state index in [2.05, 4.69) is 15.5 Å². The standard InChI is InChI=1S/C15H16ClF3NO.C6H13NO.C5H4N2O.K/c1-20(21)13(11-10(17)3-2-9(16)12(11)18)14-4-6-15(19,8-14)7-5-14;1-7-5-3-2-4-6(5)8;8-4-5-1-2-6-7-3-5;/h2-3,13H,4-8H2,1H3;5-8H,2-4H2,1H3;1-4H;/q-1;;;+1. The van der Waals surface area contributed by atoms with Crippen LogP contribution in [0.25, 0.3) is 0 Å². The maximum atomic E-state index is 14.4. The van der Waals surface area contributed by atoms with Crippen molar-refractivity contribution in [2.45, 2.75) is 75.2 Å². The number of hydrogen-bond donors (Lipinski definition) is 2. The monoisotopic (exact) mass is 580 g/mol. The van der Waals surface area contributed by atoms with Crippen LogP contribution in [0.3, 0.4) is 0 Å². The van der Waals surface area contributed by atoms with Gasteiger partial charge in [0.15, 0.2) is 6.29 Å². The third kappa shape index (κ3) is 8.05. The number of halogens is 4. The molecule has 2 aromatic rings. The van der Waals surface area contributed by atoms with Gasteiger partial charge in [0.2, 0.25) is 0 Å². The average Bonchev–Trinajstić information content (AvgIpc) is 3.57. The molecule has 3 aliphatic rings. The molecule has 2 N–H and O–H groups in total.